The van der Waals surface area contributed by atoms with Gasteiger partial charge >= 0.3 is 0 Å². The van der Waals surface area contributed by atoms with Gasteiger partial charge in [-0.05, 0) is 24.0 Å². The summed E-state index contributed by atoms with van der Waals surface area (Å²) in [7, 11) is 1.58. The molecule has 0 aromatic rings. The molecule has 0 aromatic heterocycles. The minimum Gasteiger partial charge on any atom is -0.285 e. The summed E-state index contributed by atoms with van der Waals surface area (Å²) in [5.41, 5.74) is 0.420. The Balaban J connectivity index is 2.09. The number of thioether (sulfide) groups is 1. The first kappa shape index (κ1) is 15.5. The zero-order valence-corrected chi connectivity index (χ0v) is 12.8. The summed E-state index contributed by atoms with van der Waals surface area (Å²) in [5.74, 6) is 0.937. The largest absolute Gasteiger partial charge is 0.285 e. The molecule has 1 fully saturated rings. The van der Waals surface area contributed by atoms with Gasteiger partial charge in [-0.15, -0.1) is 11.8 Å². The van der Waals surface area contributed by atoms with Crippen molar-refractivity contribution in [1.29, 1.82) is 0 Å². The second-order valence-corrected chi connectivity index (χ2v) is 7.54. The van der Waals surface area contributed by atoms with E-state index in [-0.39, 0.29) is 17.1 Å². The Morgan fingerprint density at radius 3 is 2.39 bits per heavy atom. The minimum atomic E-state index is -0.120. The van der Waals surface area contributed by atoms with Gasteiger partial charge in [0, 0.05) is 13.5 Å². The van der Waals surface area contributed by atoms with Crippen LogP contribution in [0.4, 0.5) is 0 Å². The summed E-state index contributed by atoms with van der Waals surface area (Å²) < 4.78 is 0. The molecule has 18 heavy (non-hydrogen) atoms. The highest BCUT2D eigenvalue weighted by molar-refractivity contribution is 8.00. The lowest BCUT2D eigenvalue weighted by Gasteiger charge is -2.17. The van der Waals surface area contributed by atoms with Crippen molar-refractivity contribution in [3.05, 3.63) is 0 Å². The van der Waals surface area contributed by atoms with Gasteiger partial charge in [0.1, 0.15) is 0 Å². The smallest absolute Gasteiger partial charge is 0.242 e. The number of nitrogens with zero attached hydrogens (tertiary/aromatic N) is 1. The maximum absolute atomic E-state index is 11.7. The lowest BCUT2D eigenvalue weighted by Crippen LogP contribution is -2.26. The van der Waals surface area contributed by atoms with Crippen molar-refractivity contribution in [2.75, 3.05) is 12.8 Å². The van der Waals surface area contributed by atoms with Crippen LogP contribution in [0.3, 0.4) is 0 Å². The van der Waals surface area contributed by atoms with Gasteiger partial charge in [0.05, 0.1) is 5.25 Å². The SMILES string of the molecule is CN1C(=O)CC(SCCCCCC(C)(C)C)C1=O. The van der Waals surface area contributed by atoms with Crippen LogP contribution >= 0.6 is 11.8 Å². The van der Waals surface area contributed by atoms with Gasteiger partial charge in [-0.3, -0.25) is 14.5 Å². The van der Waals surface area contributed by atoms with Crippen LogP contribution in [0.1, 0.15) is 52.9 Å². The van der Waals surface area contributed by atoms with Crippen molar-refractivity contribution in [3.63, 3.8) is 0 Å². The first-order valence-corrected chi connectivity index (χ1v) is 7.78. The van der Waals surface area contributed by atoms with Crippen molar-refractivity contribution in [2.45, 2.75) is 58.1 Å². The van der Waals surface area contributed by atoms with Crippen molar-refractivity contribution in [2.24, 2.45) is 5.41 Å². The Morgan fingerprint density at radius 2 is 1.89 bits per heavy atom. The number of rotatable bonds is 6. The van der Waals surface area contributed by atoms with Gasteiger partial charge in [-0.25, -0.2) is 0 Å². The first-order chi connectivity index (χ1) is 8.31. The Kier molecular flexibility index (Phi) is 5.70. The number of hydrogen-bond donors (Lipinski definition) is 0. The highest BCUT2D eigenvalue weighted by atomic mass is 32.2. The highest BCUT2D eigenvalue weighted by Crippen LogP contribution is 2.26. The number of amides is 2. The molecule has 104 valence electrons. The van der Waals surface area contributed by atoms with Gasteiger partial charge in [-0.2, -0.15) is 0 Å². The van der Waals surface area contributed by atoms with E-state index in [4.69, 9.17) is 0 Å². The molecule has 3 nitrogen and oxygen atoms in total. The van der Waals surface area contributed by atoms with Crippen LogP contribution in [0, 0.1) is 5.41 Å². The molecule has 1 aliphatic heterocycles. The van der Waals surface area contributed by atoms with Crippen molar-refractivity contribution < 1.29 is 9.59 Å². The second-order valence-electron chi connectivity index (χ2n) is 6.23. The quantitative estimate of drug-likeness (QED) is 0.550. The third-order valence-electron chi connectivity index (χ3n) is 3.23. The van der Waals surface area contributed by atoms with Crippen molar-refractivity contribution in [3.8, 4) is 0 Å². The van der Waals surface area contributed by atoms with E-state index >= 15 is 0 Å². The maximum Gasteiger partial charge on any atom is 0.242 e. The number of hydrogen-bond acceptors (Lipinski definition) is 3. The molecule has 1 unspecified atom stereocenters. The molecular weight excluding hydrogens is 246 g/mol. The van der Waals surface area contributed by atoms with E-state index in [1.165, 1.54) is 24.2 Å². The third kappa shape index (κ3) is 5.01. The summed E-state index contributed by atoms with van der Waals surface area (Å²) in [5, 5.41) is -0.120. The molecule has 0 aromatic carbocycles. The zero-order valence-electron chi connectivity index (χ0n) is 12.0. The Bertz CT molecular complexity index is 309. The van der Waals surface area contributed by atoms with Crippen molar-refractivity contribution >= 4 is 23.6 Å². The van der Waals surface area contributed by atoms with Crippen LogP contribution in [0.5, 0.6) is 0 Å². The zero-order chi connectivity index (χ0) is 13.8. The van der Waals surface area contributed by atoms with E-state index in [0.717, 1.165) is 12.2 Å². The lowest BCUT2D eigenvalue weighted by atomic mass is 9.90. The Hall–Kier alpha value is -0.510. The fraction of sp³-hybridized carbons (Fsp3) is 0.857. The topological polar surface area (TPSA) is 37.4 Å². The van der Waals surface area contributed by atoms with Crippen molar-refractivity contribution in [1.82, 2.24) is 4.90 Å². The molecular formula is C14H25NO2S. The highest BCUT2D eigenvalue weighted by Gasteiger charge is 2.35. The third-order valence-corrected chi connectivity index (χ3v) is 4.53. The predicted octanol–water partition coefficient (Wildman–Crippen LogP) is 3.08. The average molecular weight is 271 g/mol. The van der Waals surface area contributed by atoms with Gasteiger partial charge in [-0.1, -0.05) is 33.6 Å². The summed E-state index contributed by atoms with van der Waals surface area (Å²) in [6.45, 7) is 6.79. The molecule has 1 rings (SSSR count). The number of imide groups is 1. The van der Waals surface area contributed by atoms with Crippen LogP contribution in [0.25, 0.3) is 0 Å². The molecule has 1 atom stereocenters. The summed E-state index contributed by atoms with van der Waals surface area (Å²) >= 11 is 1.65. The Morgan fingerprint density at radius 1 is 1.22 bits per heavy atom. The molecule has 4 heteroatoms. The molecule has 0 aliphatic carbocycles. The normalized spacial score (nSPS) is 20.9. The standard InChI is InChI=1S/C14H25NO2S/c1-14(2,3)8-6-5-7-9-18-11-10-12(16)15(4)13(11)17/h11H,5-10H2,1-4H3. The van der Waals surface area contributed by atoms with E-state index in [2.05, 4.69) is 20.8 Å². The number of carbonyl (C=O) groups is 2. The average Bonchev–Trinajstić information content (AvgIpc) is 2.50. The van der Waals surface area contributed by atoms with E-state index in [1.807, 2.05) is 0 Å². The van der Waals surface area contributed by atoms with Crippen LogP contribution < -0.4 is 0 Å². The molecule has 1 heterocycles. The van der Waals surface area contributed by atoms with Crippen LogP contribution in [0.15, 0.2) is 0 Å². The molecule has 0 radical (unpaired) electrons. The molecule has 0 bridgehead atoms. The van der Waals surface area contributed by atoms with Crippen LogP contribution in [-0.2, 0) is 9.59 Å². The molecule has 0 spiro atoms. The number of likely N-dealkylation sites (tertiary alicyclic amines) is 1. The first-order valence-electron chi connectivity index (χ1n) is 6.73. The lowest BCUT2D eigenvalue weighted by molar-refractivity contribution is -0.136. The Labute approximate surface area is 115 Å². The summed E-state index contributed by atoms with van der Waals surface area (Å²) in [6, 6.07) is 0. The molecule has 0 N–H and O–H groups in total. The summed E-state index contributed by atoms with van der Waals surface area (Å²) in [6.07, 6.45) is 5.25. The monoisotopic (exact) mass is 271 g/mol. The second kappa shape index (κ2) is 6.60. The van der Waals surface area contributed by atoms with Crippen LogP contribution in [-0.4, -0.2) is 34.8 Å². The van der Waals surface area contributed by atoms with Gasteiger partial charge in [0.25, 0.3) is 0 Å². The predicted molar refractivity (Wildman–Crippen MR) is 76.6 cm³/mol. The molecule has 1 aliphatic rings. The minimum absolute atomic E-state index is 0.0142. The van der Waals surface area contributed by atoms with E-state index in [0.29, 0.717) is 11.8 Å². The van der Waals surface area contributed by atoms with E-state index in [9.17, 15) is 9.59 Å². The maximum atomic E-state index is 11.7. The number of carbonyl (C=O) groups excluding carboxylic acids is 2. The fourth-order valence-electron chi connectivity index (χ4n) is 2.01. The number of unbranched alkanes of at least 4 members (excludes halogenated alkanes) is 2. The van der Waals surface area contributed by atoms with Gasteiger partial charge < -0.3 is 0 Å². The molecule has 0 saturated carbocycles. The fourth-order valence-corrected chi connectivity index (χ4v) is 3.23. The van der Waals surface area contributed by atoms with Gasteiger partial charge in [0.2, 0.25) is 11.8 Å². The van der Waals surface area contributed by atoms with Crippen LogP contribution in [0.2, 0.25) is 0 Å². The van der Waals surface area contributed by atoms with Gasteiger partial charge in [0.15, 0.2) is 0 Å². The molecule has 1 saturated heterocycles. The summed E-state index contributed by atoms with van der Waals surface area (Å²) in [4.78, 5) is 24.2. The van der Waals surface area contributed by atoms with E-state index < -0.39 is 0 Å². The van der Waals surface area contributed by atoms with E-state index in [1.54, 1.807) is 18.8 Å². The molecule has 2 amide bonds.